The Hall–Kier alpha value is -2.28. The quantitative estimate of drug-likeness (QED) is 0.863. The highest BCUT2D eigenvalue weighted by Gasteiger charge is 2.13. The second-order valence-electron chi connectivity index (χ2n) is 5.42. The van der Waals surface area contributed by atoms with Gasteiger partial charge in [0.05, 0.1) is 5.69 Å². The second-order valence-corrected chi connectivity index (χ2v) is 5.42. The van der Waals surface area contributed by atoms with Gasteiger partial charge in [0.1, 0.15) is 6.33 Å². The SMILES string of the molecule is Cc1cc(NC(=O)CC(N)C(C)C)ccc1-n1cnnn1. The zero-order chi connectivity index (χ0) is 15.4. The summed E-state index contributed by atoms with van der Waals surface area (Å²) in [7, 11) is 0. The molecule has 112 valence electrons. The third-order valence-corrected chi connectivity index (χ3v) is 3.35. The number of tetrazole rings is 1. The summed E-state index contributed by atoms with van der Waals surface area (Å²) >= 11 is 0. The van der Waals surface area contributed by atoms with Crippen LogP contribution in [0, 0.1) is 12.8 Å². The fourth-order valence-electron chi connectivity index (χ4n) is 1.92. The summed E-state index contributed by atoms with van der Waals surface area (Å²) in [6.45, 7) is 5.94. The van der Waals surface area contributed by atoms with Crippen molar-refractivity contribution >= 4 is 11.6 Å². The molecule has 1 amide bonds. The van der Waals surface area contributed by atoms with Crippen LogP contribution < -0.4 is 11.1 Å². The van der Waals surface area contributed by atoms with Gasteiger partial charge < -0.3 is 11.1 Å². The topological polar surface area (TPSA) is 98.7 Å². The Balaban J connectivity index is 2.05. The van der Waals surface area contributed by atoms with E-state index < -0.39 is 0 Å². The van der Waals surface area contributed by atoms with E-state index in [-0.39, 0.29) is 17.9 Å². The van der Waals surface area contributed by atoms with Crippen molar-refractivity contribution < 1.29 is 4.79 Å². The third kappa shape index (κ3) is 3.85. The van der Waals surface area contributed by atoms with Crippen LogP contribution in [0.15, 0.2) is 24.5 Å². The van der Waals surface area contributed by atoms with Crippen LogP contribution >= 0.6 is 0 Å². The maximum atomic E-state index is 11.9. The molecule has 1 aromatic carbocycles. The molecule has 1 atom stereocenters. The van der Waals surface area contributed by atoms with Crippen LogP contribution in [0.25, 0.3) is 5.69 Å². The fourth-order valence-corrected chi connectivity index (χ4v) is 1.92. The first-order valence-electron chi connectivity index (χ1n) is 6.87. The lowest BCUT2D eigenvalue weighted by molar-refractivity contribution is -0.116. The maximum absolute atomic E-state index is 11.9. The average molecular weight is 288 g/mol. The molecule has 21 heavy (non-hydrogen) atoms. The first-order chi connectivity index (χ1) is 9.97. The van der Waals surface area contributed by atoms with Crippen molar-refractivity contribution in [2.24, 2.45) is 11.7 Å². The molecule has 0 aliphatic rings. The minimum atomic E-state index is -0.133. The summed E-state index contributed by atoms with van der Waals surface area (Å²) in [6.07, 6.45) is 1.84. The average Bonchev–Trinajstić information content (AvgIpc) is 2.92. The molecule has 0 spiro atoms. The highest BCUT2D eigenvalue weighted by Crippen LogP contribution is 2.18. The number of nitrogens with zero attached hydrogens (tertiary/aromatic N) is 4. The minimum absolute atomic E-state index is 0.0780. The first-order valence-corrected chi connectivity index (χ1v) is 6.87. The van der Waals surface area contributed by atoms with E-state index in [4.69, 9.17) is 5.73 Å². The molecule has 0 aliphatic carbocycles. The third-order valence-electron chi connectivity index (χ3n) is 3.35. The summed E-state index contributed by atoms with van der Waals surface area (Å²) in [4.78, 5) is 11.9. The Bertz CT molecular complexity index is 608. The Morgan fingerprint density at radius 2 is 2.19 bits per heavy atom. The van der Waals surface area contributed by atoms with E-state index in [2.05, 4.69) is 20.8 Å². The zero-order valence-electron chi connectivity index (χ0n) is 12.4. The number of aromatic nitrogens is 4. The van der Waals surface area contributed by atoms with E-state index in [0.29, 0.717) is 6.42 Å². The molecule has 1 aromatic heterocycles. The molecule has 0 aliphatic heterocycles. The molecule has 7 nitrogen and oxygen atoms in total. The van der Waals surface area contributed by atoms with Gasteiger partial charge in [0, 0.05) is 18.2 Å². The Labute approximate surface area is 123 Å². The number of carbonyl (C=O) groups is 1. The summed E-state index contributed by atoms with van der Waals surface area (Å²) in [5.41, 5.74) is 8.48. The maximum Gasteiger partial charge on any atom is 0.225 e. The lowest BCUT2D eigenvalue weighted by atomic mass is 10.0. The number of hydrogen-bond donors (Lipinski definition) is 2. The molecule has 0 saturated carbocycles. The van der Waals surface area contributed by atoms with Gasteiger partial charge in [0.15, 0.2) is 0 Å². The van der Waals surface area contributed by atoms with Crippen molar-refractivity contribution in [1.29, 1.82) is 0 Å². The van der Waals surface area contributed by atoms with Crippen molar-refractivity contribution in [2.75, 3.05) is 5.32 Å². The van der Waals surface area contributed by atoms with E-state index in [1.165, 1.54) is 6.33 Å². The lowest BCUT2D eigenvalue weighted by Gasteiger charge is -2.15. The van der Waals surface area contributed by atoms with Crippen molar-refractivity contribution in [3.8, 4) is 5.69 Å². The summed E-state index contributed by atoms with van der Waals surface area (Å²) in [6, 6.07) is 5.44. The predicted octanol–water partition coefficient (Wildman–Crippen LogP) is 1.28. The zero-order valence-corrected chi connectivity index (χ0v) is 12.4. The number of carbonyl (C=O) groups excluding carboxylic acids is 1. The number of nitrogens with one attached hydrogen (secondary N) is 1. The minimum Gasteiger partial charge on any atom is -0.327 e. The van der Waals surface area contributed by atoms with Gasteiger partial charge in [-0.25, -0.2) is 4.68 Å². The number of rotatable bonds is 5. The monoisotopic (exact) mass is 288 g/mol. The van der Waals surface area contributed by atoms with Gasteiger partial charge >= 0.3 is 0 Å². The van der Waals surface area contributed by atoms with Crippen molar-refractivity contribution in [1.82, 2.24) is 20.2 Å². The molecule has 0 saturated heterocycles. The molecule has 0 bridgehead atoms. The van der Waals surface area contributed by atoms with E-state index >= 15 is 0 Å². The summed E-state index contributed by atoms with van der Waals surface area (Å²) in [5.74, 6) is 0.199. The lowest BCUT2D eigenvalue weighted by Crippen LogP contribution is -2.31. The molecule has 3 N–H and O–H groups in total. The van der Waals surface area contributed by atoms with Gasteiger partial charge in [-0.2, -0.15) is 0 Å². The number of benzene rings is 1. The first kappa shape index (κ1) is 15.1. The molecule has 2 aromatic rings. The Morgan fingerprint density at radius 3 is 2.76 bits per heavy atom. The number of nitrogens with two attached hydrogens (primary N) is 1. The van der Waals surface area contributed by atoms with Gasteiger partial charge in [0.25, 0.3) is 0 Å². The predicted molar refractivity (Wildman–Crippen MR) is 80.0 cm³/mol. The smallest absolute Gasteiger partial charge is 0.225 e. The van der Waals surface area contributed by atoms with E-state index in [9.17, 15) is 4.79 Å². The molecule has 1 unspecified atom stereocenters. The van der Waals surface area contributed by atoms with E-state index in [0.717, 1.165) is 16.9 Å². The Morgan fingerprint density at radius 1 is 1.43 bits per heavy atom. The molecule has 1 heterocycles. The molecular weight excluding hydrogens is 268 g/mol. The van der Waals surface area contributed by atoms with Gasteiger partial charge in [0.2, 0.25) is 5.91 Å². The molecule has 2 rings (SSSR count). The highest BCUT2D eigenvalue weighted by atomic mass is 16.1. The van der Waals surface area contributed by atoms with Crippen LogP contribution in [0.5, 0.6) is 0 Å². The normalized spacial score (nSPS) is 12.4. The Kier molecular flexibility index (Phi) is 4.64. The highest BCUT2D eigenvalue weighted by molar-refractivity contribution is 5.91. The summed E-state index contributed by atoms with van der Waals surface area (Å²) < 4.78 is 1.58. The van der Waals surface area contributed by atoms with Crippen LogP contribution in [0.1, 0.15) is 25.8 Å². The molecular formula is C14H20N6O. The summed E-state index contributed by atoms with van der Waals surface area (Å²) in [5, 5.41) is 13.9. The van der Waals surface area contributed by atoms with Crippen molar-refractivity contribution in [3.05, 3.63) is 30.1 Å². The number of anilines is 1. The van der Waals surface area contributed by atoms with Crippen LogP contribution in [0.3, 0.4) is 0 Å². The van der Waals surface area contributed by atoms with Crippen molar-refractivity contribution in [3.63, 3.8) is 0 Å². The molecule has 7 heteroatoms. The van der Waals surface area contributed by atoms with Crippen LogP contribution in [0.4, 0.5) is 5.69 Å². The number of hydrogen-bond acceptors (Lipinski definition) is 5. The molecule has 0 radical (unpaired) electrons. The number of amides is 1. The van der Waals surface area contributed by atoms with Gasteiger partial charge in [-0.1, -0.05) is 13.8 Å². The van der Waals surface area contributed by atoms with Crippen LogP contribution in [0.2, 0.25) is 0 Å². The van der Waals surface area contributed by atoms with Crippen LogP contribution in [-0.2, 0) is 4.79 Å². The van der Waals surface area contributed by atoms with E-state index in [1.807, 2.05) is 39.0 Å². The molecule has 0 fully saturated rings. The van der Waals surface area contributed by atoms with Gasteiger partial charge in [-0.3, -0.25) is 4.79 Å². The van der Waals surface area contributed by atoms with E-state index in [1.54, 1.807) is 4.68 Å². The fraction of sp³-hybridized carbons (Fsp3) is 0.429. The van der Waals surface area contributed by atoms with Crippen molar-refractivity contribution in [2.45, 2.75) is 33.2 Å². The number of aryl methyl sites for hydroxylation is 1. The van der Waals surface area contributed by atoms with Gasteiger partial charge in [-0.15, -0.1) is 5.10 Å². The van der Waals surface area contributed by atoms with Gasteiger partial charge in [-0.05, 0) is 47.0 Å². The van der Waals surface area contributed by atoms with Crippen LogP contribution in [-0.4, -0.2) is 32.2 Å². The second kappa shape index (κ2) is 6.45. The standard InChI is InChI=1S/C14H20N6O/c1-9(2)12(15)7-14(21)17-11-4-5-13(10(3)6-11)20-8-16-18-19-20/h4-6,8-9,12H,7,15H2,1-3H3,(H,17,21). The largest absolute Gasteiger partial charge is 0.327 e.